The van der Waals surface area contributed by atoms with Crippen LogP contribution in [0.3, 0.4) is 0 Å². The average molecular weight is 230 g/mol. The van der Waals surface area contributed by atoms with Crippen molar-refractivity contribution < 1.29 is 4.74 Å². The molecule has 2 unspecified atom stereocenters. The Balaban J connectivity index is 2.18. The van der Waals surface area contributed by atoms with Crippen molar-refractivity contribution in [2.24, 2.45) is 0 Å². The quantitative estimate of drug-likeness (QED) is 0.868. The first-order valence-electron chi connectivity index (χ1n) is 6.04. The number of hydrogen-bond acceptors (Lipinski definition) is 3. The minimum atomic E-state index is 0.266. The molecule has 0 aliphatic heterocycles. The second kappa shape index (κ2) is 5.20. The molecule has 1 aromatic carbocycles. The fourth-order valence-electron chi connectivity index (χ4n) is 2.45. The number of benzene rings is 1. The van der Waals surface area contributed by atoms with Gasteiger partial charge in [-0.2, -0.15) is 5.26 Å². The second-order valence-corrected chi connectivity index (χ2v) is 4.62. The Kier molecular flexibility index (Phi) is 3.65. The summed E-state index contributed by atoms with van der Waals surface area (Å²) in [6, 6.07) is 8.42. The Labute approximate surface area is 102 Å². The Hall–Kier alpha value is -1.53. The van der Waals surface area contributed by atoms with Gasteiger partial charge in [-0.1, -0.05) is 6.07 Å². The van der Waals surface area contributed by atoms with Gasteiger partial charge in [0.2, 0.25) is 0 Å². The topological polar surface area (TPSA) is 45.0 Å². The van der Waals surface area contributed by atoms with Crippen molar-refractivity contribution in [3.05, 3.63) is 29.3 Å². The van der Waals surface area contributed by atoms with E-state index in [9.17, 15) is 0 Å². The van der Waals surface area contributed by atoms with E-state index in [1.807, 2.05) is 25.1 Å². The molecule has 1 aromatic rings. The molecule has 90 valence electrons. The highest BCUT2D eigenvalue weighted by molar-refractivity contribution is 5.59. The number of nitrogens with zero attached hydrogens (tertiary/aromatic N) is 1. The van der Waals surface area contributed by atoms with Crippen LogP contribution in [0, 0.1) is 18.3 Å². The Morgan fingerprint density at radius 2 is 2.24 bits per heavy atom. The van der Waals surface area contributed by atoms with E-state index < -0.39 is 0 Å². The molecular formula is C14H18N2O. The van der Waals surface area contributed by atoms with E-state index in [2.05, 4.69) is 11.4 Å². The van der Waals surface area contributed by atoms with Crippen LogP contribution in [-0.2, 0) is 4.74 Å². The van der Waals surface area contributed by atoms with Crippen LogP contribution in [0.1, 0.15) is 30.4 Å². The van der Waals surface area contributed by atoms with E-state index in [1.54, 1.807) is 7.11 Å². The number of anilines is 1. The lowest BCUT2D eigenvalue weighted by atomic mass is 10.1. The van der Waals surface area contributed by atoms with Crippen LogP contribution < -0.4 is 5.32 Å². The number of methoxy groups -OCH3 is 1. The molecule has 3 heteroatoms. The van der Waals surface area contributed by atoms with Crippen LogP contribution in [0.2, 0.25) is 0 Å². The van der Waals surface area contributed by atoms with Crippen molar-refractivity contribution in [1.82, 2.24) is 0 Å². The summed E-state index contributed by atoms with van der Waals surface area (Å²) >= 11 is 0. The van der Waals surface area contributed by atoms with Gasteiger partial charge in [-0.25, -0.2) is 0 Å². The molecule has 0 aromatic heterocycles. The van der Waals surface area contributed by atoms with Gasteiger partial charge in [0.15, 0.2) is 0 Å². The first-order valence-corrected chi connectivity index (χ1v) is 6.04. The second-order valence-electron chi connectivity index (χ2n) is 4.62. The molecular weight excluding hydrogens is 212 g/mol. The van der Waals surface area contributed by atoms with E-state index in [1.165, 1.54) is 12.0 Å². The molecule has 0 heterocycles. The number of hydrogen-bond donors (Lipinski definition) is 1. The number of ether oxygens (including phenoxy) is 1. The SMILES string of the molecule is COC1CCCC1Nc1cc(C)ccc1C#N. The van der Waals surface area contributed by atoms with Crippen LogP contribution >= 0.6 is 0 Å². The van der Waals surface area contributed by atoms with Gasteiger partial charge in [0.25, 0.3) is 0 Å². The van der Waals surface area contributed by atoms with E-state index >= 15 is 0 Å². The molecule has 0 spiro atoms. The summed E-state index contributed by atoms with van der Waals surface area (Å²) in [7, 11) is 1.76. The minimum absolute atomic E-state index is 0.266. The van der Waals surface area contributed by atoms with Gasteiger partial charge in [0.1, 0.15) is 6.07 Å². The third-order valence-corrected chi connectivity index (χ3v) is 3.39. The number of nitrogens with one attached hydrogen (secondary N) is 1. The molecule has 1 aliphatic rings. The monoisotopic (exact) mass is 230 g/mol. The lowest BCUT2D eigenvalue weighted by Gasteiger charge is -2.21. The summed E-state index contributed by atoms with van der Waals surface area (Å²) in [4.78, 5) is 0. The molecule has 1 N–H and O–H groups in total. The number of nitriles is 1. The number of rotatable bonds is 3. The molecule has 3 nitrogen and oxygen atoms in total. The molecule has 1 saturated carbocycles. The zero-order valence-corrected chi connectivity index (χ0v) is 10.4. The normalized spacial score (nSPS) is 23.4. The highest BCUT2D eigenvalue weighted by Gasteiger charge is 2.27. The van der Waals surface area contributed by atoms with Gasteiger partial charge in [-0.05, 0) is 43.9 Å². The molecule has 0 radical (unpaired) electrons. The molecule has 0 amide bonds. The van der Waals surface area contributed by atoms with Crippen LogP contribution in [-0.4, -0.2) is 19.3 Å². The molecule has 0 saturated heterocycles. The summed E-state index contributed by atoms with van der Waals surface area (Å²) < 4.78 is 5.45. The predicted octanol–water partition coefficient (Wildman–Crippen LogP) is 2.85. The first-order chi connectivity index (χ1) is 8.24. The lowest BCUT2D eigenvalue weighted by Crippen LogP contribution is -2.30. The summed E-state index contributed by atoms with van der Waals surface area (Å²) in [6.45, 7) is 2.04. The summed E-state index contributed by atoms with van der Waals surface area (Å²) in [5.41, 5.74) is 2.80. The van der Waals surface area contributed by atoms with E-state index in [0.717, 1.165) is 18.5 Å². The van der Waals surface area contributed by atoms with E-state index in [4.69, 9.17) is 10.00 Å². The maximum atomic E-state index is 9.09. The highest BCUT2D eigenvalue weighted by Crippen LogP contribution is 2.27. The van der Waals surface area contributed by atoms with Gasteiger partial charge in [0, 0.05) is 7.11 Å². The van der Waals surface area contributed by atoms with Crippen molar-refractivity contribution in [3.8, 4) is 6.07 Å². The summed E-state index contributed by atoms with van der Waals surface area (Å²) in [6.07, 6.45) is 3.66. The predicted molar refractivity (Wildman–Crippen MR) is 68.0 cm³/mol. The summed E-state index contributed by atoms with van der Waals surface area (Å²) in [5, 5.41) is 12.5. The standard InChI is InChI=1S/C14H18N2O/c1-10-6-7-11(9-15)13(8-10)16-12-4-3-5-14(12)17-2/h6-8,12,14,16H,3-5H2,1-2H3. The minimum Gasteiger partial charge on any atom is -0.379 e. The van der Waals surface area contributed by atoms with Crippen molar-refractivity contribution in [2.75, 3.05) is 12.4 Å². The smallest absolute Gasteiger partial charge is 0.101 e. The molecule has 17 heavy (non-hydrogen) atoms. The third kappa shape index (κ3) is 2.59. The molecule has 0 bridgehead atoms. The number of aryl methyl sites for hydroxylation is 1. The Morgan fingerprint density at radius 3 is 2.94 bits per heavy atom. The van der Waals surface area contributed by atoms with Crippen molar-refractivity contribution in [2.45, 2.75) is 38.3 Å². The van der Waals surface area contributed by atoms with E-state index in [-0.39, 0.29) is 6.10 Å². The third-order valence-electron chi connectivity index (χ3n) is 3.39. The zero-order chi connectivity index (χ0) is 12.3. The van der Waals surface area contributed by atoms with Gasteiger partial charge in [-0.15, -0.1) is 0 Å². The maximum Gasteiger partial charge on any atom is 0.101 e. The zero-order valence-electron chi connectivity index (χ0n) is 10.4. The van der Waals surface area contributed by atoms with Crippen molar-refractivity contribution in [1.29, 1.82) is 5.26 Å². The first kappa shape index (κ1) is 11.9. The van der Waals surface area contributed by atoms with Crippen LogP contribution in [0.25, 0.3) is 0 Å². The van der Waals surface area contributed by atoms with Crippen LogP contribution in [0.5, 0.6) is 0 Å². The average Bonchev–Trinajstić information content (AvgIpc) is 2.77. The largest absolute Gasteiger partial charge is 0.379 e. The molecule has 2 rings (SSSR count). The van der Waals surface area contributed by atoms with Gasteiger partial charge in [-0.3, -0.25) is 0 Å². The van der Waals surface area contributed by atoms with Gasteiger partial charge < -0.3 is 10.1 Å². The molecule has 1 fully saturated rings. The van der Waals surface area contributed by atoms with Crippen LogP contribution in [0.15, 0.2) is 18.2 Å². The summed E-state index contributed by atoms with van der Waals surface area (Å²) in [5.74, 6) is 0. The highest BCUT2D eigenvalue weighted by atomic mass is 16.5. The molecule has 1 aliphatic carbocycles. The van der Waals surface area contributed by atoms with Crippen LogP contribution in [0.4, 0.5) is 5.69 Å². The van der Waals surface area contributed by atoms with Gasteiger partial charge >= 0.3 is 0 Å². The Morgan fingerprint density at radius 1 is 1.41 bits per heavy atom. The fourth-order valence-corrected chi connectivity index (χ4v) is 2.45. The molecule has 2 atom stereocenters. The van der Waals surface area contributed by atoms with Crippen molar-refractivity contribution in [3.63, 3.8) is 0 Å². The van der Waals surface area contributed by atoms with Crippen molar-refractivity contribution >= 4 is 5.69 Å². The van der Waals surface area contributed by atoms with Gasteiger partial charge in [0.05, 0.1) is 23.4 Å². The Bertz CT molecular complexity index is 436. The lowest BCUT2D eigenvalue weighted by molar-refractivity contribution is 0.101. The van der Waals surface area contributed by atoms with E-state index in [0.29, 0.717) is 11.6 Å². The maximum absolute atomic E-state index is 9.09. The fraction of sp³-hybridized carbons (Fsp3) is 0.500.